The van der Waals surface area contributed by atoms with Crippen molar-refractivity contribution in [1.29, 1.82) is 0 Å². The van der Waals surface area contributed by atoms with Crippen LogP contribution in [-0.4, -0.2) is 13.7 Å². The molecule has 0 aliphatic rings. The highest BCUT2D eigenvalue weighted by Gasteiger charge is 2.04. The monoisotopic (exact) mass is 297 g/mol. The lowest BCUT2D eigenvalue weighted by Gasteiger charge is -2.08. The summed E-state index contributed by atoms with van der Waals surface area (Å²) in [4.78, 5) is 0. The number of nitrogens with one attached hydrogen (secondary N) is 1. The zero-order chi connectivity index (χ0) is 14.5. The van der Waals surface area contributed by atoms with E-state index in [1.807, 2.05) is 23.5 Å². The summed E-state index contributed by atoms with van der Waals surface area (Å²) in [5, 5.41) is 7.15. The van der Waals surface area contributed by atoms with Gasteiger partial charge in [-0.1, -0.05) is 36.4 Å². The van der Waals surface area contributed by atoms with Gasteiger partial charge in [-0.3, -0.25) is 0 Å². The first-order valence-electron chi connectivity index (χ1n) is 7.16. The highest BCUT2D eigenvalue weighted by molar-refractivity contribution is 7.17. The Balaban J connectivity index is 1.57. The molecule has 3 heteroatoms. The molecule has 108 valence electrons. The lowest BCUT2D eigenvalue weighted by molar-refractivity contribution is 0.409. The molecule has 0 amide bonds. The Hall–Kier alpha value is -1.84. The lowest BCUT2D eigenvalue weighted by atomic mass is 10.1. The van der Waals surface area contributed by atoms with Crippen LogP contribution in [0.4, 0.5) is 0 Å². The summed E-state index contributed by atoms with van der Waals surface area (Å²) in [6.07, 6.45) is 0.978. The molecule has 21 heavy (non-hydrogen) atoms. The predicted molar refractivity (Wildman–Crippen MR) is 90.2 cm³/mol. The topological polar surface area (TPSA) is 21.3 Å². The first-order chi connectivity index (χ1) is 10.4. The van der Waals surface area contributed by atoms with Gasteiger partial charge in [0.15, 0.2) is 0 Å². The molecule has 0 fully saturated rings. The third kappa shape index (κ3) is 3.26. The molecule has 2 aromatic carbocycles. The van der Waals surface area contributed by atoms with E-state index in [1.165, 1.54) is 21.2 Å². The summed E-state index contributed by atoms with van der Waals surface area (Å²) >= 11 is 1.81. The zero-order valence-corrected chi connectivity index (χ0v) is 13.0. The average Bonchev–Trinajstić information content (AvgIpc) is 2.95. The Morgan fingerprint density at radius 1 is 1.00 bits per heavy atom. The van der Waals surface area contributed by atoms with E-state index in [9.17, 15) is 0 Å². The van der Waals surface area contributed by atoms with Gasteiger partial charge in [-0.25, -0.2) is 0 Å². The van der Waals surface area contributed by atoms with Crippen molar-refractivity contribution in [3.8, 4) is 5.75 Å². The first kappa shape index (κ1) is 14.1. The van der Waals surface area contributed by atoms with Gasteiger partial charge in [0.05, 0.1) is 7.11 Å². The maximum absolute atomic E-state index is 5.38. The van der Waals surface area contributed by atoms with Crippen LogP contribution in [0.5, 0.6) is 5.75 Å². The third-order valence-electron chi connectivity index (χ3n) is 3.64. The second-order valence-electron chi connectivity index (χ2n) is 5.00. The summed E-state index contributed by atoms with van der Waals surface area (Å²) < 4.78 is 6.74. The van der Waals surface area contributed by atoms with Crippen LogP contribution in [0.15, 0.2) is 53.9 Å². The fourth-order valence-electron chi connectivity index (χ4n) is 2.53. The van der Waals surface area contributed by atoms with Crippen molar-refractivity contribution in [2.75, 3.05) is 13.7 Å². The summed E-state index contributed by atoms with van der Waals surface area (Å²) in [6.45, 7) is 1.86. The molecule has 1 heterocycles. The number of thiophene rings is 1. The molecule has 1 N–H and O–H groups in total. The zero-order valence-electron chi connectivity index (χ0n) is 12.1. The molecule has 0 spiro atoms. The van der Waals surface area contributed by atoms with Crippen LogP contribution in [0.1, 0.15) is 11.1 Å². The Kier molecular flexibility index (Phi) is 4.53. The van der Waals surface area contributed by atoms with Crippen molar-refractivity contribution in [3.05, 3.63) is 65.0 Å². The van der Waals surface area contributed by atoms with Gasteiger partial charge >= 0.3 is 0 Å². The first-order valence-corrected chi connectivity index (χ1v) is 8.04. The minimum atomic E-state index is 0.916. The SMILES string of the molecule is COc1ccccc1CCNCc1csc2ccccc12. The molecular formula is C18H19NOS. The number of fused-ring (bicyclic) bond motifs is 1. The molecule has 0 unspecified atom stereocenters. The molecule has 0 aliphatic carbocycles. The van der Waals surface area contributed by atoms with E-state index in [1.54, 1.807) is 7.11 Å². The van der Waals surface area contributed by atoms with Crippen LogP contribution in [0.25, 0.3) is 10.1 Å². The Labute approximate surface area is 129 Å². The van der Waals surface area contributed by atoms with Crippen LogP contribution in [0.3, 0.4) is 0 Å². The highest BCUT2D eigenvalue weighted by atomic mass is 32.1. The van der Waals surface area contributed by atoms with Crippen molar-refractivity contribution in [2.24, 2.45) is 0 Å². The van der Waals surface area contributed by atoms with E-state index in [-0.39, 0.29) is 0 Å². The maximum atomic E-state index is 5.38. The summed E-state index contributed by atoms with van der Waals surface area (Å²) in [7, 11) is 1.73. The molecular weight excluding hydrogens is 278 g/mol. The van der Waals surface area contributed by atoms with E-state index in [2.05, 4.69) is 47.1 Å². The van der Waals surface area contributed by atoms with Crippen molar-refractivity contribution in [2.45, 2.75) is 13.0 Å². The molecule has 0 atom stereocenters. The molecule has 2 nitrogen and oxygen atoms in total. The van der Waals surface area contributed by atoms with Gasteiger partial charge in [0.2, 0.25) is 0 Å². The molecule has 1 aromatic heterocycles. The average molecular weight is 297 g/mol. The van der Waals surface area contributed by atoms with E-state index in [0.29, 0.717) is 0 Å². The smallest absolute Gasteiger partial charge is 0.122 e. The van der Waals surface area contributed by atoms with E-state index in [4.69, 9.17) is 4.74 Å². The maximum Gasteiger partial charge on any atom is 0.122 e. The molecule has 0 saturated heterocycles. The number of para-hydroxylation sites is 1. The van der Waals surface area contributed by atoms with Crippen molar-refractivity contribution < 1.29 is 4.74 Å². The van der Waals surface area contributed by atoms with Crippen LogP contribution < -0.4 is 10.1 Å². The van der Waals surface area contributed by atoms with Gasteiger partial charge in [-0.05, 0) is 47.0 Å². The largest absolute Gasteiger partial charge is 0.496 e. The van der Waals surface area contributed by atoms with Crippen LogP contribution in [0, 0.1) is 0 Å². The normalized spacial score (nSPS) is 10.9. The fraction of sp³-hybridized carbons (Fsp3) is 0.222. The van der Waals surface area contributed by atoms with Gasteiger partial charge in [-0.2, -0.15) is 0 Å². The summed E-state index contributed by atoms with van der Waals surface area (Å²) in [6, 6.07) is 16.8. The van der Waals surface area contributed by atoms with Crippen LogP contribution >= 0.6 is 11.3 Å². The second-order valence-corrected chi connectivity index (χ2v) is 5.91. The van der Waals surface area contributed by atoms with Crippen LogP contribution in [0.2, 0.25) is 0 Å². The Bertz CT molecular complexity index is 720. The standard InChI is InChI=1S/C18H19NOS/c1-20-17-8-4-2-6-14(17)10-11-19-12-15-13-21-18-9-5-3-7-16(15)18/h2-9,13,19H,10-12H2,1H3. The quantitative estimate of drug-likeness (QED) is 0.687. The van der Waals surface area contributed by atoms with E-state index < -0.39 is 0 Å². The minimum Gasteiger partial charge on any atom is -0.496 e. The molecule has 3 aromatic rings. The second kappa shape index (κ2) is 6.74. The third-order valence-corrected chi connectivity index (χ3v) is 4.65. The molecule has 0 saturated carbocycles. The summed E-state index contributed by atoms with van der Waals surface area (Å²) in [5.41, 5.74) is 2.64. The van der Waals surface area contributed by atoms with Crippen molar-refractivity contribution in [3.63, 3.8) is 0 Å². The van der Waals surface area contributed by atoms with Gasteiger partial charge in [0.1, 0.15) is 5.75 Å². The number of benzene rings is 2. The van der Waals surface area contributed by atoms with E-state index in [0.717, 1.165) is 25.3 Å². The van der Waals surface area contributed by atoms with Gasteiger partial charge in [0, 0.05) is 11.2 Å². The molecule has 0 radical (unpaired) electrons. The van der Waals surface area contributed by atoms with Gasteiger partial charge in [-0.15, -0.1) is 11.3 Å². The minimum absolute atomic E-state index is 0.916. The van der Waals surface area contributed by atoms with Gasteiger partial charge in [0.25, 0.3) is 0 Å². The van der Waals surface area contributed by atoms with E-state index >= 15 is 0 Å². The number of hydrogen-bond acceptors (Lipinski definition) is 3. The lowest BCUT2D eigenvalue weighted by Crippen LogP contribution is -2.16. The Morgan fingerprint density at radius 2 is 1.81 bits per heavy atom. The highest BCUT2D eigenvalue weighted by Crippen LogP contribution is 2.25. The van der Waals surface area contributed by atoms with Crippen molar-refractivity contribution in [1.82, 2.24) is 5.32 Å². The number of rotatable bonds is 6. The van der Waals surface area contributed by atoms with Crippen molar-refractivity contribution >= 4 is 21.4 Å². The fourth-order valence-corrected chi connectivity index (χ4v) is 3.49. The van der Waals surface area contributed by atoms with Crippen LogP contribution in [-0.2, 0) is 13.0 Å². The number of methoxy groups -OCH3 is 1. The predicted octanol–water partition coefficient (Wildman–Crippen LogP) is 4.24. The van der Waals surface area contributed by atoms with Gasteiger partial charge < -0.3 is 10.1 Å². The number of ether oxygens (including phenoxy) is 1. The molecule has 3 rings (SSSR count). The molecule has 0 aliphatic heterocycles. The Morgan fingerprint density at radius 3 is 2.71 bits per heavy atom. The molecule has 0 bridgehead atoms. The number of hydrogen-bond donors (Lipinski definition) is 1. The summed E-state index contributed by atoms with van der Waals surface area (Å²) in [5.74, 6) is 0.972.